The number of anilines is 2. The van der Waals surface area contributed by atoms with Gasteiger partial charge in [-0.1, -0.05) is 37.8 Å². The van der Waals surface area contributed by atoms with Gasteiger partial charge in [0.2, 0.25) is 17.6 Å². The van der Waals surface area contributed by atoms with Gasteiger partial charge in [0.15, 0.2) is 5.82 Å². The summed E-state index contributed by atoms with van der Waals surface area (Å²) >= 11 is 0. The molecule has 228 valence electrons. The maximum atomic E-state index is 14.1. The number of benzene rings is 2. The highest BCUT2D eigenvalue weighted by molar-refractivity contribution is 6.02. The number of aryl methyl sites for hydroxylation is 1. The normalized spacial score (nSPS) is 13.4. The minimum Gasteiger partial charge on any atom is -0.377 e. The number of nitrogens with zero attached hydrogens (tertiary/aromatic N) is 4. The highest BCUT2D eigenvalue weighted by Gasteiger charge is 2.30. The SMILES string of the molecule is C=CC(=O)Nc1c(C)cccc1-c1c(CC)n(CC(=O)Nc2ccc(C(F)(F)F)cc2)c2nc(C3=CCOCC3)nn2c1=O. The van der Waals surface area contributed by atoms with Crippen LogP contribution in [0.2, 0.25) is 0 Å². The largest absolute Gasteiger partial charge is 0.416 e. The van der Waals surface area contributed by atoms with Crippen molar-refractivity contribution >= 4 is 34.5 Å². The zero-order valence-electron chi connectivity index (χ0n) is 24.0. The van der Waals surface area contributed by atoms with E-state index in [2.05, 4.69) is 27.3 Å². The molecule has 1 aliphatic rings. The fraction of sp³-hybridized carbons (Fsp3) is 0.258. The summed E-state index contributed by atoms with van der Waals surface area (Å²) in [5.74, 6) is -0.601. The van der Waals surface area contributed by atoms with Gasteiger partial charge in [-0.15, -0.1) is 5.10 Å². The third-order valence-corrected chi connectivity index (χ3v) is 7.21. The van der Waals surface area contributed by atoms with Crippen molar-refractivity contribution in [3.63, 3.8) is 0 Å². The van der Waals surface area contributed by atoms with Crippen molar-refractivity contribution in [2.75, 3.05) is 23.8 Å². The molecule has 2 N–H and O–H groups in total. The minimum absolute atomic E-state index is 0.116. The standard InChI is InChI=1S/C31H29F3N6O4/c1-4-23-26(22-8-6-7-18(3)27(22)36-24(41)5-2)29(43)40-30(37-28(38-40)19-13-15-44-16-14-19)39(23)17-25(42)35-21-11-9-20(10-12-21)31(32,33)34/h5-13H,2,4,14-17H2,1,3H3,(H,35,42)(H,36,41). The van der Waals surface area contributed by atoms with Crippen LogP contribution in [0.1, 0.15) is 36.0 Å². The molecule has 3 heterocycles. The van der Waals surface area contributed by atoms with Crippen LogP contribution in [0.4, 0.5) is 24.5 Å². The molecule has 0 bridgehead atoms. The number of amides is 2. The van der Waals surface area contributed by atoms with Gasteiger partial charge in [-0.05, 0) is 61.2 Å². The number of carbonyl (C=O) groups is 2. The fourth-order valence-corrected chi connectivity index (χ4v) is 5.07. The lowest BCUT2D eigenvalue weighted by atomic mass is 9.98. The number of carbonyl (C=O) groups excluding carboxylic acids is 2. The van der Waals surface area contributed by atoms with E-state index in [0.717, 1.165) is 28.3 Å². The van der Waals surface area contributed by atoms with Crippen molar-refractivity contribution in [3.05, 3.63) is 94.2 Å². The molecule has 0 unspecified atom stereocenters. The summed E-state index contributed by atoms with van der Waals surface area (Å²) in [4.78, 5) is 44.5. The highest BCUT2D eigenvalue weighted by Crippen LogP contribution is 2.33. The van der Waals surface area contributed by atoms with Crippen LogP contribution in [0.3, 0.4) is 0 Å². The number of halogens is 3. The summed E-state index contributed by atoms with van der Waals surface area (Å²) in [5.41, 5.74) is 1.79. The van der Waals surface area contributed by atoms with Crippen LogP contribution in [0.25, 0.3) is 22.5 Å². The van der Waals surface area contributed by atoms with Crippen molar-refractivity contribution in [2.45, 2.75) is 39.4 Å². The zero-order chi connectivity index (χ0) is 31.6. The summed E-state index contributed by atoms with van der Waals surface area (Å²) in [6.45, 7) is 7.61. The maximum Gasteiger partial charge on any atom is 0.416 e. The second kappa shape index (κ2) is 12.3. The zero-order valence-corrected chi connectivity index (χ0v) is 24.0. The van der Waals surface area contributed by atoms with Crippen molar-refractivity contribution in [1.29, 1.82) is 0 Å². The number of para-hydroxylation sites is 1. The van der Waals surface area contributed by atoms with Gasteiger partial charge in [-0.25, -0.2) is 0 Å². The molecule has 0 atom stereocenters. The number of hydrogen-bond acceptors (Lipinski definition) is 6. The molecule has 0 radical (unpaired) electrons. The van der Waals surface area contributed by atoms with Gasteiger partial charge < -0.3 is 19.9 Å². The average molecular weight is 607 g/mol. The molecule has 0 spiro atoms. The van der Waals surface area contributed by atoms with E-state index in [-0.39, 0.29) is 30.0 Å². The first kappa shape index (κ1) is 30.4. The van der Waals surface area contributed by atoms with E-state index >= 15 is 0 Å². The number of alkyl halides is 3. The van der Waals surface area contributed by atoms with Crippen LogP contribution >= 0.6 is 0 Å². The molecule has 2 aromatic heterocycles. The van der Waals surface area contributed by atoms with E-state index < -0.39 is 29.1 Å². The lowest BCUT2D eigenvalue weighted by Gasteiger charge is -2.20. The van der Waals surface area contributed by atoms with Crippen LogP contribution in [0.5, 0.6) is 0 Å². The number of fused-ring (bicyclic) bond motifs is 1. The Morgan fingerprint density at radius 1 is 1.14 bits per heavy atom. The second-order valence-corrected chi connectivity index (χ2v) is 10.1. The van der Waals surface area contributed by atoms with Crippen LogP contribution < -0.4 is 16.2 Å². The number of ether oxygens (including phenoxy) is 1. The van der Waals surface area contributed by atoms with E-state index in [1.807, 2.05) is 13.0 Å². The molecular formula is C31H29F3N6O4. The molecule has 0 fully saturated rings. The third-order valence-electron chi connectivity index (χ3n) is 7.21. The molecule has 44 heavy (non-hydrogen) atoms. The first-order valence-electron chi connectivity index (χ1n) is 13.8. The minimum atomic E-state index is -4.51. The van der Waals surface area contributed by atoms with E-state index in [0.29, 0.717) is 48.0 Å². The van der Waals surface area contributed by atoms with Gasteiger partial charge in [0.1, 0.15) is 6.54 Å². The van der Waals surface area contributed by atoms with E-state index in [9.17, 15) is 27.6 Å². The Bertz CT molecular complexity index is 1860. The lowest BCUT2D eigenvalue weighted by molar-refractivity contribution is -0.137. The van der Waals surface area contributed by atoms with Crippen molar-refractivity contribution in [2.24, 2.45) is 0 Å². The van der Waals surface area contributed by atoms with Gasteiger partial charge in [0, 0.05) is 16.9 Å². The predicted octanol–water partition coefficient (Wildman–Crippen LogP) is 5.01. The van der Waals surface area contributed by atoms with Crippen molar-refractivity contribution in [3.8, 4) is 11.1 Å². The number of nitrogens with one attached hydrogen (secondary N) is 2. The fourth-order valence-electron chi connectivity index (χ4n) is 5.07. The van der Waals surface area contributed by atoms with E-state index in [1.54, 1.807) is 29.7 Å². The Kier molecular flexibility index (Phi) is 8.50. The Labute approximate surface area is 249 Å². The predicted molar refractivity (Wildman–Crippen MR) is 159 cm³/mol. The number of hydrogen-bond donors (Lipinski definition) is 2. The quantitative estimate of drug-likeness (QED) is 0.272. The van der Waals surface area contributed by atoms with Crippen LogP contribution in [0.15, 0.2) is 66.0 Å². The molecule has 0 saturated heterocycles. The third kappa shape index (κ3) is 6.04. The first-order chi connectivity index (χ1) is 21.0. The van der Waals surface area contributed by atoms with Crippen LogP contribution in [-0.4, -0.2) is 44.2 Å². The molecular weight excluding hydrogens is 577 g/mol. The molecule has 2 aromatic carbocycles. The molecule has 5 rings (SSSR count). The average Bonchev–Trinajstić information content (AvgIpc) is 3.46. The monoisotopic (exact) mass is 606 g/mol. The first-order valence-corrected chi connectivity index (χ1v) is 13.8. The van der Waals surface area contributed by atoms with Gasteiger partial charge in [0.05, 0.1) is 30.0 Å². The Morgan fingerprint density at radius 2 is 1.89 bits per heavy atom. The van der Waals surface area contributed by atoms with E-state index in [4.69, 9.17) is 4.74 Å². The molecule has 4 aromatic rings. The second-order valence-electron chi connectivity index (χ2n) is 10.1. The molecule has 13 heteroatoms. The summed E-state index contributed by atoms with van der Waals surface area (Å²) in [6, 6.07) is 9.33. The molecule has 2 amide bonds. The summed E-state index contributed by atoms with van der Waals surface area (Å²) in [5, 5.41) is 9.93. The van der Waals surface area contributed by atoms with Crippen LogP contribution in [0, 0.1) is 6.92 Å². The molecule has 1 aliphatic heterocycles. The van der Waals surface area contributed by atoms with Crippen molar-refractivity contribution in [1.82, 2.24) is 19.2 Å². The maximum absolute atomic E-state index is 14.1. The smallest absolute Gasteiger partial charge is 0.377 e. The van der Waals surface area contributed by atoms with E-state index in [1.165, 1.54) is 12.1 Å². The van der Waals surface area contributed by atoms with Gasteiger partial charge in [0.25, 0.3) is 5.56 Å². The van der Waals surface area contributed by atoms with Gasteiger partial charge in [-0.3, -0.25) is 14.4 Å². The highest BCUT2D eigenvalue weighted by atomic mass is 19.4. The molecule has 10 nitrogen and oxygen atoms in total. The Balaban J connectivity index is 1.67. The van der Waals surface area contributed by atoms with Gasteiger partial charge in [-0.2, -0.15) is 22.7 Å². The summed E-state index contributed by atoms with van der Waals surface area (Å²) < 4.78 is 47.2. The molecule has 0 saturated carbocycles. The number of rotatable bonds is 8. The lowest BCUT2D eigenvalue weighted by Crippen LogP contribution is -2.29. The molecule has 0 aliphatic carbocycles. The van der Waals surface area contributed by atoms with Crippen molar-refractivity contribution < 1.29 is 27.5 Å². The summed E-state index contributed by atoms with van der Waals surface area (Å²) in [6.07, 6.45) is -0.745. The Morgan fingerprint density at radius 3 is 2.52 bits per heavy atom. The summed E-state index contributed by atoms with van der Waals surface area (Å²) in [7, 11) is 0. The topological polar surface area (TPSA) is 120 Å². The Hall–Kier alpha value is -5.04. The van der Waals surface area contributed by atoms with Gasteiger partial charge >= 0.3 is 6.18 Å². The number of aromatic nitrogens is 4. The van der Waals surface area contributed by atoms with Crippen LogP contribution in [-0.2, 0) is 33.5 Å².